The number of hydrogen-bond donors (Lipinski definition) is 1. The Bertz CT molecular complexity index is 1460. The van der Waals surface area contributed by atoms with Crippen molar-refractivity contribution >= 4 is 17.5 Å². The molecular formula is C22H15ClF11N5O2. The fourth-order valence-electron chi connectivity index (χ4n) is 3.52. The first-order valence-electron chi connectivity index (χ1n) is 11.2. The third kappa shape index (κ3) is 5.92. The molecule has 0 saturated heterocycles. The van der Waals surface area contributed by atoms with Gasteiger partial charge in [-0.1, -0.05) is 17.7 Å². The fraction of sp³-hybridized carbons (Fsp3) is 0.409. The van der Waals surface area contributed by atoms with Gasteiger partial charge < -0.3 is 10.1 Å². The van der Waals surface area contributed by atoms with Crippen LogP contribution in [-0.4, -0.2) is 56.1 Å². The van der Waals surface area contributed by atoms with Crippen LogP contribution < -0.4 is 10.1 Å². The van der Waals surface area contributed by atoms with E-state index in [1.54, 1.807) is 0 Å². The molecule has 1 unspecified atom stereocenters. The smallest absolute Gasteiger partial charge is 0.424 e. The Labute approximate surface area is 226 Å². The molecule has 1 fully saturated rings. The van der Waals surface area contributed by atoms with Crippen LogP contribution in [-0.2, 0) is 13.0 Å². The van der Waals surface area contributed by atoms with Gasteiger partial charge in [0.25, 0.3) is 12.1 Å². The average molecular weight is 626 g/mol. The molecular weight excluding hydrogens is 611 g/mol. The maximum atomic E-state index is 14.2. The Morgan fingerprint density at radius 1 is 1.07 bits per heavy atom. The molecule has 19 heteroatoms. The summed E-state index contributed by atoms with van der Waals surface area (Å²) in [7, 11) is 0.678. The van der Waals surface area contributed by atoms with Crippen molar-refractivity contribution in [1.82, 2.24) is 24.9 Å². The summed E-state index contributed by atoms with van der Waals surface area (Å²) in [5.74, 6) is -10.0. The number of nitrogens with zero attached hydrogens (tertiary/aromatic N) is 4. The first-order chi connectivity index (χ1) is 18.7. The molecule has 3 aromatic rings. The van der Waals surface area contributed by atoms with E-state index >= 15 is 0 Å². The molecule has 1 aliphatic rings. The van der Waals surface area contributed by atoms with Crippen molar-refractivity contribution in [2.45, 2.75) is 49.4 Å². The van der Waals surface area contributed by atoms with E-state index in [-0.39, 0.29) is 32.4 Å². The molecule has 2 heterocycles. The van der Waals surface area contributed by atoms with Crippen molar-refractivity contribution in [3.05, 3.63) is 46.9 Å². The van der Waals surface area contributed by atoms with Crippen molar-refractivity contribution in [3.8, 4) is 22.7 Å². The van der Waals surface area contributed by atoms with E-state index in [9.17, 15) is 53.1 Å². The summed E-state index contributed by atoms with van der Waals surface area (Å²) < 4.78 is 152. The lowest BCUT2D eigenvalue weighted by molar-refractivity contribution is -0.309. The third-order valence-electron chi connectivity index (χ3n) is 5.71. The molecule has 1 N–H and O–H groups in total. The van der Waals surface area contributed by atoms with Crippen LogP contribution in [0.25, 0.3) is 16.9 Å². The quantitative estimate of drug-likeness (QED) is 0.297. The Morgan fingerprint density at radius 2 is 1.71 bits per heavy atom. The standard InChI is InChI=1S/C22H15ClF11N5O2/c1-38-17(14(15(37-38)19(25,26)22(32,33)34)41-21(30,31)18(24)20(27,28)29)39-8-10(7-35-39)9-2-5-13(23)12(6-9)16(40)36-11-3-4-11/h2,5-8,11,18H,3-4H2,1H3,(H,36,40). The number of nitrogens with one attached hydrogen (secondary N) is 1. The van der Waals surface area contributed by atoms with E-state index in [4.69, 9.17) is 11.6 Å². The first kappa shape index (κ1) is 30.4. The van der Waals surface area contributed by atoms with Gasteiger partial charge in [0.15, 0.2) is 11.5 Å². The summed E-state index contributed by atoms with van der Waals surface area (Å²) in [4.78, 5) is 12.5. The number of carbonyl (C=O) groups is 1. The lowest BCUT2D eigenvalue weighted by Gasteiger charge is -2.25. The van der Waals surface area contributed by atoms with Gasteiger partial charge in [-0.15, -0.1) is 0 Å². The van der Waals surface area contributed by atoms with Gasteiger partial charge in [-0.3, -0.25) is 4.79 Å². The molecule has 0 aliphatic heterocycles. The van der Waals surface area contributed by atoms with Gasteiger partial charge in [0.05, 0.1) is 16.8 Å². The number of aryl methyl sites for hydroxylation is 1. The number of carbonyl (C=O) groups excluding carboxylic acids is 1. The molecule has 0 bridgehead atoms. The van der Waals surface area contributed by atoms with E-state index in [0.717, 1.165) is 25.2 Å². The molecule has 0 radical (unpaired) electrons. The molecule has 1 atom stereocenters. The summed E-state index contributed by atoms with van der Waals surface area (Å²) in [6.07, 6.45) is -20.5. The molecule has 0 spiro atoms. The monoisotopic (exact) mass is 625 g/mol. The maximum Gasteiger partial charge on any atom is 0.459 e. The van der Waals surface area contributed by atoms with Crippen LogP contribution in [0.2, 0.25) is 5.02 Å². The minimum Gasteiger partial charge on any atom is -0.424 e. The molecule has 1 aliphatic carbocycles. The highest BCUT2D eigenvalue weighted by molar-refractivity contribution is 6.34. The summed E-state index contributed by atoms with van der Waals surface area (Å²) in [5, 5.41) is 9.25. The normalized spacial score (nSPS) is 15.6. The largest absolute Gasteiger partial charge is 0.459 e. The van der Waals surface area contributed by atoms with Crippen molar-refractivity contribution in [1.29, 1.82) is 0 Å². The van der Waals surface area contributed by atoms with Crippen molar-refractivity contribution < 1.29 is 57.8 Å². The summed E-state index contributed by atoms with van der Waals surface area (Å²) >= 11 is 6.07. The zero-order chi connectivity index (χ0) is 30.7. The molecule has 4 rings (SSSR count). The molecule has 1 amide bonds. The molecule has 41 heavy (non-hydrogen) atoms. The number of aromatic nitrogens is 4. The zero-order valence-electron chi connectivity index (χ0n) is 20.1. The lowest BCUT2D eigenvalue weighted by atomic mass is 10.1. The van der Waals surface area contributed by atoms with Crippen LogP contribution in [0.3, 0.4) is 0 Å². The van der Waals surface area contributed by atoms with Gasteiger partial charge in [-0.05, 0) is 30.5 Å². The maximum absolute atomic E-state index is 14.2. The van der Waals surface area contributed by atoms with Crippen LogP contribution in [0.15, 0.2) is 30.6 Å². The Morgan fingerprint density at radius 3 is 2.27 bits per heavy atom. The van der Waals surface area contributed by atoms with Crippen LogP contribution in [0.1, 0.15) is 28.9 Å². The summed E-state index contributed by atoms with van der Waals surface area (Å²) in [6.45, 7) is 0. The number of hydrogen-bond acceptors (Lipinski definition) is 4. The highest BCUT2D eigenvalue weighted by Gasteiger charge is 2.65. The Hall–Kier alpha value is -3.57. The predicted molar refractivity (Wildman–Crippen MR) is 118 cm³/mol. The van der Waals surface area contributed by atoms with E-state index in [2.05, 4.69) is 20.3 Å². The molecule has 2 aromatic heterocycles. The van der Waals surface area contributed by atoms with Crippen LogP contribution in [0.5, 0.6) is 5.75 Å². The van der Waals surface area contributed by atoms with Gasteiger partial charge in [0.1, 0.15) is 0 Å². The second kappa shape index (κ2) is 10.1. The predicted octanol–water partition coefficient (Wildman–Crippen LogP) is 6.34. The molecule has 1 aromatic carbocycles. The molecule has 7 nitrogen and oxygen atoms in total. The summed E-state index contributed by atoms with van der Waals surface area (Å²) in [6, 6.07) is 3.88. The highest BCUT2D eigenvalue weighted by Crippen LogP contribution is 2.50. The minimum absolute atomic E-state index is 0.00117. The second-order valence-electron chi connectivity index (χ2n) is 8.88. The second-order valence-corrected chi connectivity index (χ2v) is 9.29. The van der Waals surface area contributed by atoms with Crippen LogP contribution >= 0.6 is 11.6 Å². The Kier molecular flexibility index (Phi) is 7.45. The van der Waals surface area contributed by atoms with E-state index in [1.165, 1.54) is 18.2 Å². The number of ether oxygens (including phenoxy) is 1. The average Bonchev–Trinajstić information content (AvgIpc) is 3.42. The third-order valence-corrected chi connectivity index (χ3v) is 6.03. The van der Waals surface area contributed by atoms with Gasteiger partial charge in [-0.2, -0.15) is 54.1 Å². The molecule has 1 saturated carbocycles. The van der Waals surface area contributed by atoms with E-state index < -0.39 is 53.7 Å². The van der Waals surface area contributed by atoms with Crippen LogP contribution in [0, 0.1) is 0 Å². The van der Waals surface area contributed by atoms with E-state index in [0.29, 0.717) is 11.7 Å². The van der Waals surface area contributed by atoms with E-state index in [1.807, 2.05) is 0 Å². The van der Waals surface area contributed by atoms with Gasteiger partial charge in [-0.25, -0.2) is 13.8 Å². The number of amides is 1. The Balaban J connectivity index is 1.81. The minimum atomic E-state index is -6.47. The van der Waals surface area contributed by atoms with Gasteiger partial charge in [0, 0.05) is 24.8 Å². The number of alkyl halides is 11. The topological polar surface area (TPSA) is 74.0 Å². The SMILES string of the molecule is Cn1nc(C(F)(F)C(F)(F)F)c(OC(F)(F)C(F)C(F)(F)F)c1-n1cc(-c2ccc(Cl)c(C(=O)NC3CC3)c2)cn1. The summed E-state index contributed by atoms with van der Waals surface area (Å²) in [5.41, 5.74) is -2.37. The lowest BCUT2D eigenvalue weighted by Crippen LogP contribution is -2.46. The molecule has 224 valence electrons. The van der Waals surface area contributed by atoms with Gasteiger partial charge in [0.2, 0.25) is 5.75 Å². The number of benzene rings is 1. The van der Waals surface area contributed by atoms with Crippen molar-refractivity contribution in [3.63, 3.8) is 0 Å². The number of halogens is 12. The van der Waals surface area contributed by atoms with Crippen molar-refractivity contribution in [2.75, 3.05) is 0 Å². The van der Waals surface area contributed by atoms with Crippen LogP contribution in [0.4, 0.5) is 48.3 Å². The van der Waals surface area contributed by atoms with Crippen molar-refractivity contribution in [2.24, 2.45) is 7.05 Å². The number of rotatable bonds is 8. The first-order valence-corrected chi connectivity index (χ1v) is 11.6. The zero-order valence-corrected chi connectivity index (χ0v) is 20.9. The van der Waals surface area contributed by atoms with Gasteiger partial charge >= 0.3 is 24.4 Å². The fourth-order valence-corrected chi connectivity index (χ4v) is 3.72. The highest BCUT2D eigenvalue weighted by atomic mass is 35.5.